The molecule has 2 aromatic carbocycles. The molecule has 0 saturated carbocycles. The highest BCUT2D eigenvalue weighted by molar-refractivity contribution is 5.92. The number of anilines is 2. The smallest absolute Gasteiger partial charge is 0.244 e. The lowest BCUT2D eigenvalue weighted by Crippen LogP contribution is -2.20. The third-order valence-corrected chi connectivity index (χ3v) is 4.02. The average molecular weight is 322 g/mol. The molecule has 0 unspecified atom stereocenters. The van der Waals surface area contributed by atoms with Gasteiger partial charge in [0.15, 0.2) is 0 Å². The van der Waals surface area contributed by atoms with E-state index >= 15 is 0 Å². The topological polar surface area (TPSA) is 50.2 Å². The number of carbonyl (C=O) groups is 1. The van der Waals surface area contributed by atoms with Crippen LogP contribution in [-0.2, 0) is 17.8 Å². The van der Waals surface area contributed by atoms with Gasteiger partial charge < -0.3 is 14.8 Å². The Bertz CT molecular complexity index is 849. The van der Waals surface area contributed by atoms with Crippen LogP contribution in [0.2, 0.25) is 0 Å². The summed E-state index contributed by atoms with van der Waals surface area (Å²) in [5, 5.41) is 2.96. The fourth-order valence-corrected chi connectivity index (χ4v) is 2.76. The van der Waals surface area contributed by atoms with E-state index in [0.717, 1.165) is 34.7 Å². The Kier molecular flexibility index (Phi) is 4.51. The zero-order valence-corrected chi connectivity index (χ0v) is 14.3. The molecule has 0 atom stereocenters. The molecular weight excluding hydrogens is 300 g/mol. The first kappa shape index (κ1) is 16.1. The predicted molar refractivity (Wildman–Crippen MR) is 98.5 cm³/mol. The molecule has 5 nitrogen and oxygen atoms in total. The molecule has 3 rings (SSSR count). The van der Waals surface area contributed by atoms with Gasteiger partial charge in [0.1, 0.15) is 12.4 Å². The minimum absolute atomic E-state index is 0.0505. The van der Waals surface area contributed by atoms with Crippen LogP contribution >= 0.6 is 0 Å². The zero-order valence-electron chi connectivity index (χ0n) is 14.3. The highest BCUT2D eigenvalue weighted by atomic mass is 16.1. The van der Waals surface area contributed by atoms with Crippen molar-refractivity contribution in [2.45, 2.75) is 19.9 Å². The number of imidazole rings is 1. The van der Waals surface area contributed by atoms with Crippen molar-refractivity contribution < 1.29 is 4.79 Å². The Morgan fingerprint density at radius 2 is 1.83 bits per heavy atom. The van der Waals surface area contributed by atoms with Crippen molar-refractivity contribution in [3.8, 4) is 0 Å². The molecule has 3 aromatic rings. The molecule has 0 aliphatic heterocycles. The van der Waals surface area contributed by atoms with Crippen LogP contribution in [0.3, 0.4) is 0 Å². The third-order valence-electron chi connectivity index (χ3n) is 4.02. The number of hydrogen-bond acceptors (Lipinski definition) is 3. The number of nitrogens with zero attached hydrogens (tertiary/aromatic N) is 3. The molecule has 0 aliphatic carbocycles. The van der Waals surface area contributed by atoms with Crippen LogP contribution in [0.4, 0.5) is 11.4 Å². The molecule has 0 bridgehead atoms. The number of nitrogens with one attached hydrogen (secondary N) is 1. The molecule has 0 saturated heterocycles. The fourth-order valence-electron chi connectivity index (χ4n) is 2.76. The van der Waals surface area contributed by atoms with Gasteiger partial charge in [-0.25, -0.2) is 4.98 Å². The second-order valence-corrected chi connectivity index (χ2v) is 5.95. The van der Waals surface area contributed by atoms with Gasteiger partial charge in [0.2, 0.25) is 5.91 Å². The first-order valence-corrected chi connectivity index (χ1v) is 8.10. The number of hydrogen-bond donors (Lipinski definition) is 1. The summed E-state index contributed by atoms with van der Waals surface area (Å²) in [7, 11) is 3.98. The SMILES string of the molecule is CCc1nc2ccccc2n1CC(=O)Nc1ccc(N(C)C)cc1. The van der Waals surface area contributed by atoms with E-state index in [9.17, 15) is 4.79 Å². The fraction of sp³-hybridized carbons (Fsp3) is 0.263. The summed E-state index contributed by atoms with van der Waals surface area (Å²) in [5.74, 6) is 0.875. The van der Waals surface area contributed by atoms with Crippen molar-refractivity contribution in [1.82, 2.24) is 9.55 Å². The Morgan fingerprint density at radius 1 is 1.12 bits per heavy atom. The van der Waals surface area contributed by atoms with Crippen molar-refractivity contribution in [3.63, 3.8) is 0 Å². The van der Waals surface area contributed by atoms with Crippen LogP contribution < -0.4 is 10.2 Å². The first-order chi connectivity index (χ1) is 11.6. The molecule has 0 fully saturated rings. The van der Waals surface area contributed by atoms with Gasteiger partial charge in [-0.15, -0.1) is 0 Å². The largest absolute Gasteiger partial charge is 0.378 e. The van der Waals surface area contributed by atoms with E-state index in [4.69, 9.17) is 0 Å². The summed E-state index contributed by atoms with van der Waals surface area (Å²) in [6.07, 6.45) is 0.791. The number of aromatic nitrogens is 2. The van der Waals surface area contributed by atoms with Crippen molar-refractivity contribution in [1.29, 1.82) is 0 Å². The Hall–Kier alpha value is -2.82. The summed E-state index contributed by atoms with van der Waals surface area (Å²) in [5.41, 5.74) is 3.82. The number of para-hydroxylation sites is 2. The molecule has 124 valence electrons. The summed E-state index contributed by atoms with van der Waals surface area (Å²) >= 11 is 0. The quantitative estimate of drug-likeness (QED) is 0.784. The molecule has 1 amide bonds. The van der Waals surface area contributed by atoms with Gasteiger partial charge in [-0.1, -0.05) is 19.1 Å². The molecular formula is C19H22N4O. The van der Waals surface area contributed by atoms with Crippen LogP contribution in [0.1, 0.15) is 12.7 Å². The second-order valence-electron chi connectivity index (χ2n) is 5.95. The van der Waals surface area contributed by atoms with E-state index in [-0.39, 0.29) is 12.5 Å². The Labute approximate surface area is 141 Å². The van der Waals surface area contributed by atoms with Crippen LogP contribution in [-0.4, -0.2) is 29.6 Å². The van der Waals surface area contributed by atoms with E-state index in [2.05, 4.69) is 17.2 Å². The summed E-state index contributed by atoms with van der Waals surface area (Å²) < 4.78 is 1.98. The Balaban J connectivity index is 1.77. The molecule has 5 heteroatoms. The molecule has 0 radical (unpaired) electrons. The molecule has 1 N–H and O–H groups in total. The maximum absolute atomic E-state index is 12.4. The monoisotopic (exact) mass is 322 g/mol. The normalized spacial score (nSPS) is 10.8. The molecule has 24 heavy (non-hydrogen) atoms. The third kappa shape index (κ3) is 3.25. The molecule has 1 heterocycles. The Morgan fingerprint density at radius 3 is 2.50 bits per heavy atom. The standard InChI is InChI=1S/C19H22N4O/c1-4-18-21-16-7-5-6-8-17(16)23(18)13-19(24)20-14-9-11-15(12-10-14)22(2)3/h5-12H,4,13H2,1-3H3,(H,20,24). The van der Waals surface area contributed by atoms with Crippen molar-refractivity contribution in [3.05, 3.63) is 54.4 Å². The van der Waals surface area contributed by atoms with E-state index in [1.54, 1.807) is 0 Å². The van der Waals surface area contributed by atoms with Gasteiger partial charge in [-0.05, 0) is 36.4 Å². The molecule has 0 spiro atoms. The average Bonchev–Trinajstić information content (AvgIpc) is 2.93. The van der Waals surface area contributed by atoms with Crippen molar-refractivity contribution in [2.24, 2.45) is 0 Å². The minimum Gasteiger partial charge on any atom is -0.378 e. The van der Waals surface area contributed by atoms with E-state index in [1.165, 1.54) is 0 Å². The van der Waals surface area contributed by atoms with Gasteiger partial charge in [-0.2, -0.15) is 0 Å². The number of rotatable bonds is 5. The lowest BCUT2D eigenvalue weighted by atomic mass is 10.2. The highest BCUT2D eigenvalue weighted by Crippen LogP contribution is 2.18. The minimum atomic E-state index is -0.0505. The van der Waals surface area contributed by atoms with E-state index in [1.807, 2.05) is 72.1 Å². The maximum atomic E-state index is 12.4. The number of carbonyl (C=O) groups excluding carboxylic acids is 1. The summed E-state index contributed by atoms with van der Waals surface area (Å²) in [6.45, 7) is 2.31. The van der Waals surface area contributed by atoms with Crippen LogP contribution in [0.5, 0.6) is 0 Å². The summed E-state index contributed by atoms with van der Waals surface area (Å²) in [4.78, 5) is 19.1. The molecule has 1 aromatic heterocycles. The van der Waals surface area contributed by atoms with Gasteiger partial charge in [0.05, 0.1) is 11.0 Å². The number of aryl methyl sites for hydroxylation is 1. The van der Waals surface area contributed by atoms with E-state index in [0.29, 0.717) is 0 Å². The lowest BCUT2D eigenvalue weighted by Gasteiger charge is -2.13. The van der Waals surface area contributed by atoms with Gasteiger partial charge in [0, 0.05) is 31.9 Å². The van der Waals surface area contributed by atoms with E-state index < -0.39 is 0 Å². The maximum Gasteiger partial charge on any atom is 0.244 e. The van der Waals surface area contributed by atoms with Crippen LogP contribution in [0.15, 0.2) is 48.5 Å². The highest BCUT2D eigenvalue weighted by Gasteiger charge is 2.12. The van der Waals surface area contributed by atoms with Gasteiger partial charge >= 0.3 is 0 Å². The predicted octanol–water partition coefficient (Wildman–Crippen LogP) is 3.30. The van der Waals surface area contributed by atoms with Gasteiger partial charge in [0.25, 0.3) is 0 Å². The lowest BCUT2D eigenvalue weighted by molar-refractivity contribution is -0.116. The zero-order chi connectivity index (χ0) is 17.1. The number of benzene rings is 2. The number of amides is 1. The van der Waals surface area contributed by atoms with Crippen molar-refractivity contribution >= 4 is 28.3 Å². The number of fused-ring (bicyclic) bond motifs is 1. The first-order valence-electron chi connectivity index (χ1n) is 8.10. The van der Waals surface area contributed by atoms with Crippen LogP contribution in [0.25, 0.3) is 11.0 Å². The van der Waals surface area contributed by atoms with Gasteiger partial charge in [-0.3, -0.25) is 4.79 Å². The van der Waals surface area contributed by atoms with Crippen LogP contribution in [0, 0.1) is 0 Å². The summed E-state index contributed by atoms with van der Waals surface area (Å²) in [6, 6.07) is 15.7. The molecule has 0 aliphatic rings. The second kappa shape index (κ2) is 6.74. The van der Waals surface area contributed by atoms with Crippen molar-refractivity contribution in [2.75, 3.05) is 24.3 Å².